The van der Waals surface area contributed by atoms with E-state index in [1.54, 1.807) is 0 Å². The molecular weight excluding hydrogens is 230 g/mol. The minimum Gasteiger partial charge on any atom is -0.395 e. The Kier molecular flexibility index (Phi) is 2.16. The van der Waals surface area contributed by atoms with Gasteiger partial charge in [-0.3, -0.25) is 0 Å². The Morgan fingerprint density at radius 3 is 2.53 bits per heavy atom. The van der Waals surface area contributed by atoms with Crippen molar-refractivity contribution in [2.24, 2.45) is 0 Å². The maximum atomic E-state index is 12.7. The van der Waals surface area contributed by atoms with E-state index in [0.717, 1.165) is 0 Å². The van der Waals surface area contributed by atoms with Crippen molar-refractivity contribution in [1.29, 1.82) is 0 Å². The van der Waals surface area contributed by atoms with Crippen LogP contribution in [-0.4, -0.2) is 15.1 Å². The second-order valence-corrected chi connectivity index (χ2v) is 3.89. The lowest BCUT2D eigenvalue weighted by molar-refractivity contribution is -0.287. The fourth-order valence-corrected chi connectivity index (χ4v) is 1.74. The number of hydrogen-bond acceptors (Lipinski definition) is 3. The molecular formula is C8H6F2O4S. The molecule has 82 valence electrons. The van der Waals surface area contributed by atoms with Crippen LogP contribution in [0.4, 0.5) is 8.78 Å². The number of fused-ring (bicyclic) bond motifs is 1. The van der Waals surface area contributed by atoms with E-state index in [1.165, 1.54) is 19.1 Å². The van der Waals surface area contributed by atoms with E-state index in [9.17, 15) is 13.0 Å². The molecule has 1 aromatic rings. The highest BCUT2D eigenvalue weighted by molar-refractivity contribution is 7.79. The molecule has 15 heavy (non-hydrogen) atoms. The molecule has 0 spiro atoms. The van der Waals surface area contributed by atoms with Gasteiger partial charge in [-0.2, -0.15) is 0 Å². The molecule has 1 N–H and O–H groups in total. The number of hydrogen-bond donors (Lipinski definition) is 1. The van der Waals surface area contributed by atoms with Crippen LogP contribution in [-0.2, 0) is 11.1 Å². The predicted octanol–water partition coefficient (Wildman–Crippen LogP) is 1.90. The predicted molar refractivity (Wildman–Crippen MR) is 46.4 cm³/mol. The molecule has 0 saturated heterocycles. The average molecular weight is 236 g/mol. The van der Waals surface area contributed by atoms with Gasteiger partial charge in [-0.15, -0.1) is 8.78 Å². The molecule has 0 fully saturated rings. The SMILES string of the molecule is Cc1ccc(S(=O)O)c2c1OC(F)(F)O2. The third kappa shape index (κ3) is 1.68. The van der Waals surface area contributed by atoms with Crippen molar-refractivity contribution in [3.8, 4) is 11.5 Å². The van der Waals surface area contributed by atoms with Crippen molar-refractivity contribution in [2.75, 3.05) is 0 Å². The molecule has 1 aliphatic rings. The van der Waals surface area contributed by atoms with Crippen LogP contribution in [0.1, 0.15) is 5.56 Å². The third-order valence-electron chi connectivity index (χ3n) is 1.90. The summed E-state index contributed by atoms with van der Waals surface area (Å²) >= 11 is -2.39. The fourth-order valence-electron chi connectivity index (χ4n) is 1.26. The smallest absolute Gasteiger partial charge is 0.395 e. The Balaban J connectivity index is 2.60. The monoisotopic (exact) mass is 236 g/mol. The van der Waals surface area contributed by atoms with E-state index >= 15 is 0 Å². The van der Waals surface area contributed by atoms with Crippen LogP contribution in [0.5, 0.6) is 11.5 Å². The van der Waals surface area contributed by atoms with Gasteiger partial charge in [0, 0.05) is 0 Å². The second kappa shape index (κ2) is 3.14. The van der Waals surface area contributed by atoms with Gasteiger partial charge >= 0.3 is 6.29 Å². The van der Waals surface area contributed by atoms with E-state index in [4.69, 9.17) is 4.55 Å². The summed E-state index contributed by atoms with van der Waals surface area (Å²) in [6.07, 6.45) is -3.78. The van der Waals surface area contributed by atoms with Gasteiger partial charge in [0.05, 0.1) is 0 Å². The van der Waals surface area contributed by atoms with E-state index in [-0.39, 0.29) is 16.4 Å². The van der Waals surface area contributed by atoms with Gasteiger partial charge in [0.25, 0.3) is 0 Å². The van der Waals surface area contributed by atoms with Crippen LogP contribution in [0.3, 0.4) is 0 Å². The number of ether oxygens (including phenoxy) is 2. The van der Waals surface area contributed by atoms with Gasteiger partial charge in [-0.25, -0.2) is 4.21 Å². The number of benzene rings is 1. The first-order valence-electron chi connectivity index (χ1n) is 3.91. The summed E-state index contributed by atoms with van der Waals surface area (Å²) in [5.74, 6) is -0.569. The van der Waals surface area contributed by atoms with Crippen LogP contribution in [0.25, 0.3) is 0 Å². The Bertz CT molecular complexity index is 447. The van der Waals surface area contributed by atoms with E-state index in [1.807, 2.05) is 0 Å². The second-order valence-electron chi connectivity index (χ2n) is 2.96. The van der Waals surface area contributed by atoms with E-state index in [2.05, 4.69) is 9.47 Å². The van der Waals surface area contributed by atoms with Crippen molar-refractivity contribution in [2.45, 2.75) is 18.1 Å². The molecule has 0 aliphatic carbocycles. The first-order valence-corrected chi connectivity index (χ1v) is 5.02. The Morgan fingerprint density at radius 1 is 1.33 bits per heavy atom. The maximum absolute atomic E-state index is 12.7. The van der Waals surface area contributed by atoms with Crippen LogP contribution >= 0.6 is 0 Å². The zero-order valence-electron chi connectivity index (χ0n) is 7.49. The van der Waals surface area contributed by atoms with Crippen LogP contribution in [0, 0.1) is 6.92 Å². The fraction of sp³-hybridized carbons (Fsp3) is 0.250. The molecule has 0 saturated carbocycles. The Hall–Kier alpha value is -1.21. The lowest BCUT2D eigenvalue weighted by Crippen LogP contribution is -2.26. The minimum atomic E-state index is -3.78. The highest BCUT2D eigenvalue weighted by atomic mass is 32.2. The van der Waals surface area contributed by atoms with Crippen LogP contribution in [0.2, 0.25) is 0 Å². The van der Waals surface area contributed by atoms with Crippen molar-refractivity contribution in [3.63, 3.8) is 0 Å². The Labute approximate surface area is 86.1 Å². The number of aryl methyl sites for hydroxylation is 1. The van der Waals surface area contributed by atoms with E-state index < -0.39 is 17.4 Å². The number of alkyl halides is 2. The summed E-state index contributed by atoms with van der Waals surface area (Å²) in [7, 11) is 0. The van der Waals surface area contributed by atoms with Crippen molar-refractivity contribution >= 4 is 11.1 Å². The molecule has 1 heterocycles. The molecule has 1 unspecified atom stereocenters. The van der Waals surface area contributed by atoms with Gasteiger partial charge < -0.3 is 14.0 Å². The first kappa shape index (κ1) is 10.3. The molecule has 0 bridgehead atoms. The molecule has 1 aromatic carbocycles. The van der Waals surface area contributed by atoms with Gasteiger partial charge in [-0.1, -0.05) is 6.07 Å². The normalized spacial score (nSPS) is 18.9. The molecule has 0 amide bonds. The zero-order chi connectivity index (χ0) is 11.2. The zero-order valence-corrected chi connectivity index (χ0v) is 8.31. The largest absolute Gasteiger partial charge is 0.586 e. The highest BCUT2D eigenvalue weighted by Crippen LogP contribution is 2.46. The van der Waals surface area contributed by atoms with Gasteiger partial charge in [0.15, 0.2) is 22.6 Å². The average Bonchev–Trinajstić information content (AvgIpc) is 2.41. The number of halogens is 2. The molecule has 7 heteroatoms. The van der Waals surface area contributed by atoms with Crippen molar-refractivity contribution < 1.29 is 27.0 Å². The summed E-state index contributed by atoms with van der Waals surface area (Å²) in [6, 6.07) is 2.65. The van der Waals surface area contributed by atoms with Crippen LogP contribution in [0.15, 0.2) is 17.0 Å². The Morgan fingerprint density at radius 2 is 1.93 bits per heavy atom. The topological polar surface area (TPSA) is 55.8 Å². The van der Waals surface area contributed by atoms with Crippen molar-refractivity contribution in [3.05, 3.63) is 17.7 Å². The minimum absolute atomic E-state index is 0.195. The lowest BCUT2D eigenvalue weighted by atomic mass is 10.2. The molecule has 4 nitrogen and oxygen atoms in total. The molecule has 0 radical (unpaired) electrons. The quantitative estimate of drug-likeness (QED) is 0.756. The number of rotatable bonds is 1. The summed E-state index contributed by atoms with van der Waals surface area (Å²) in [5, 5.41) is 0. The van der Waals surface area contributed by atoms with Gasteiger partial charge in [-0.05, 0) is 18.6 Å². The summed E-state index contributed by atoms with van der Waals surface area (Å²) < 4.78 is 53.5. The third-order valence-corrected chi connectivity index (χ3v) is 2.60. The van der Waals surface area contributed by atoms with Gasteiger partial charge in [0.1, 0.15) is 4.90 Å². The molecule has 1 aliphatic heterocycles. The summed E-state index contributed by atoms with van der Waals surface area (Å²) in [4.78, 5) is -0.229. The van der Waals surface area contributed by atoms with E-state index in [0.29, 0.717) is 5.56 Å². The summed E-state index contributed by atoms with van der Waals surface area (Å²) in [6.45, 7) is 1.54. The van der Waals surface area contributed by atoms with Gasteiger partial charge in [0.2, 0.25) is 0 Å². The maximum Gasteiger partial charge on any atom is 0.586 e. The highest BCUT2D eigenvalue weighted by Gasteiger charge is 2.46. The van der Waals surface area contributed by atoms with Crippen molar-refractivity contribution in [1.82, 2.24) is 0 Å². The molecule has 2 rings (SSSR count). The summed E-state index contributed by atoms with van der Waals surface area (Å²) in [5.41, 5.74) is 0.413. The first-order chi connectivity index (χ1) is 6.91. The molecule has 0 aromatic heterocycles. The van der Waals surface area contributed by atoms with Crippen LogP contribution < -0.4 is 9.47 Å². The lowest BCUT2D eigenvalue weighted by Gasteiger charge is -2.05. The standard InChI is InChI=1S/C8H6F2O4S/c1-4-2-3-5(15(11)12)7-6(4)13-8(9,10)14-7/h2-3H,1H3,(H,11,12). The molecule has 1 atom stereocenters.